The summed E-state index contributed by atoms with van der Waals surface area (Å²) in [6.07, 6.45) is 2.18. The highest BCUT2D eigenvalue weighted by molar-refractivity contribution is 5.87. The topological polar surface area (TPSA) is 69.6 Å². The molecule has 0 saturated heterocycles. The van der Waals surface area contributed by atoms with E-state index in [2.05, 4.69) is 19.2 Å². The second-order valence-corrected chi connectivity index (χ2v) is 5.94. The molecule has 0 radical (unpaired) electrons. The third-order valence-electron chi connectivity index (χ3n) is 3.45. The van der Waals surface area contributed by atoms with Gasteiger partial charge in [-0.1, -0.05) is 26.0 Å². The van der Waals surface area contributed by atoms with Crippen LogP contribution in [0.5, 0.6) is 0 Å². The van der Waals surface area contributed by atoms with Gasteiger partial charge in [-0.05, 0) is 36.5 Å². The lowest BCUT2D eigenvalue weighted by Gasteiger charge is -2.24. The zero-order valence-corrected chi connectivity index (χ0v) is 12.5. The minimum Gasteiger partial charge on any atom is -0.478 e. The van der Waals surface area contributed by atoms with Gasteiger partial charge in [0, 0.05) is 19.1 Å². The molecule has 0 atom stereocenters. The van der Waals surface area contributed by atoms with Crippen LogP contribution in [0.25, 0.3) is 0 Å². The molecule has 114 valence electrons. The summed E-state index contributed by atoms with van der Waals surface area (Å²) in [4.78, 5) is 24.9. The van der Waals surface area contributed by atoms with Crippen molar-refractivity contribution >= 4 is 12.0 Å². The van der Waals surface area contributed by atoms with Crippen LogP contribution in [0, 0.1) is 5.92 Å². The van der Waals surface area contributed by atoms with Gasteiger partial charge in [0.15, 0.2) is 0 Å². The monoisotopic (exact) mass is 290 g/mol. The number of aromatic carboxylic acids is 1. The van der Waals surface area contributed by atoms with Crippen LogP contribution in [0.15, 0.2) is 24.3 Å². The van der Waals surface area contributed by atoms with Crippen molar-refractivity contribution < 1.29 is 14.7 Å². The zero-order chi connectivity index (χ0) is 15.4. The van der Waals surface area contributed by atoms with Crippen molar-refractivity contribution in [3.8, 4) is 0 Å². The number of nitrogens with one attached hydrogen (secondary N) is 1. The van der Waals surface area contributed by atoms with Crippen molar-refractivity contribution in [2.75, 3.05) is 6.54 Å². The average Bonchev–Trinajstić information content (AvgIpc) is 3.27. The van der Waals surface area contributed by atoms with E-state index in [1.807, 2.05) is 4.90 Å². The maximum Gasteiger partial charge on any atom is 0.335 e. The number of carboxylic acids is 1. The normalized spacial score (nSPS) is 14.0. The van der Waals surface area contributed by atoms with Crippen LogP contribution in [0.4, 0.5) is 4.79 Å². The lowest BCUT2D eigenvalue weighted by Crippen LogP contribution is -2.42. The van der Waals surface area contributed by atoms with E-state index in [4.69, 9.17) is 5.11 Å². The number of hydrogen-bond donors (Lipinski definition) is 2. The smallest absolute Gasteiger partial charge is 0.335 e. The van der Waals surface area contributed by atoms with Crippen molar-refractivity contribution in [3.63, 3.8) is 0 Å². The number of urea groups is 1. The third kappa shape index (κ3) is 4.48. The summed E-state index contributed by atoms with van der Waals surface area (Å²) in [7, 11) is 0. The molecule has 0 unspecified atom stereocenters. The predicted molar refractivity (Wildman–Crippen MR) is 80.2 cm³/mol. The predicted octanol–water partition coefficient (Wildman–Crippen LogP) is 2.71. The SMILES string of the molecule is CC(C)CN(C(=O)NCc1ccc(C(=O)O)cc1)C1CC1. The summed E-state index contributed by atoms with van der Waals surface area (Å²) >= 11 is 0. The first-order valence-electron chi connectivity index (χ1n) is 7.34. The Morgan fingerprint density at radius 3 is 2.38 bits per heavy atom. The van der Waals surface area contributed by atoms with Gasteiger partial charge in [-0.25, -0.2) is 9.59 Å². The molecule has 0 spiro atoms. The summed E-state index contributed by atoms with van der Waals surface area (Å²) in [6.45, 7) is 5.40. The third-order valence-corrected chi connectivity index (χ3v) is 3.45. The molecule has 5 nitrogen and oxygen atoms in total. The summed E-state index contributed by atoms with van der Waals surface area (Å²) in [6, 6.07) is 6.92. The van der Waals surface area contributed by atoms with Crippen molar-refractivity contribution in [1.82, 2.24) is 10.2 Å². The molecule has 1 aliphatic carbocycles. The van der Waals surface area contributed by atoms with E-state index in [0.29, 0.717) is 18.5 Å². The number of amides is 2. The number of benzene rings is 1. The highest BCUT2D eigenvalue weighted by atomic mass is 16.4. The molecular weight excluding hydrogens is 268 g/mol. The maximum absolute atomic E-state index is 12.2. The summed E-state index contributed by atoms with van der Waals surface area (Å²) in [5.41, 5.74) is 1.15. The van der Waals surface area contributed by atoms with Gasteiger partial charge in [0.05, 0.1) is 5.56 Å². The summed E-state index contributed by atoms with van der Waals surface area (Å²) in [5.74, 6) is -0.492. The van der Waals surface area contributed by atoms with E-state index in [1.165, 1.54) is 0 Å². The van der Waals surface area contributed by atoms with Crippen LogP contribution in [-0.4, -0.2) is 34.6 Å². The quantitative estimate of drug-likeness (QED) is 0.846. The molecule has 0 aromatic heterocycles. The molecule has 2 amide bonds. The standard InChI is InChI=1S/C16H22N2O3/c1-11(2)10-18(14-7-8-14)16(21)17-9-12-3-5-13(6-4-12)15(19)20/h3-6,11,14H,7-10H2,1-2H3,(H,17,21)(H,19,20). The van der Waals surface area contributed by atoms with Crippen molar-refractivity contribution in [2.24, 2.45) is 5.92 Å². The Kier molecular flexibility index (Phi) is 4.83. The number of carboxylic acid groups (broad SMARTS) is 1. The summed E-state index contributed by atoms with van der Waals surface area (Å²) in [5, 5.41) is 11.8. The van der Waals surface area contributed by atoms with E-state index in [-0.39, 0.29) is 11.6 Å². The van der Waals surface area contributed by atoms with Gasteiger partial charge in [0.2, 0.25) is 0 Å². The lowest BCUT2D eigenvalue weighted by molar-refractivity contribution is 0.0697. The van der Waals surface area contributed by atoms with Gasteiger partial charge < -0.3 is 15.3 Å². The van der Waals surface area contributed by atoms with Gasteiger partial charge in [-0.3, -0.25) is 0 Å². The lowest BCUT2D eigenvalue weighted by atomic mass is 10.1. The van der Waals surface area contributed by atoms with E-state index in [9.17, 15) is 9.59 Å². The molecule has 0 bridgehead atoms. The second kappa shape index (κ2) is 6.61. The van der Waals surface area contributed by atoms with Gasteiger partial charge in [0.1, 0.15) is 0 Å². The molecule has 2 rings (SSSR count). The van der Waals surface area contributed by atoms with E-state index >= 15 is 0 Å². The molecule has 1 aromatic rings. The Morgan fingerprint density at radius 2 is 1.90 bits per heavy atom. The average molecular weight is 290 g/mol. The molecule has 1 saturated carbocycles. The van der Waals surface area contributed by atoms with Crippen molar-refractivity contribution in [3.05, 3.63) is 35.4 Å². The number of rotatable bonds is 6. The van der Waals surface area contributed by atoms with Crippen LogP contribution in [0.3, 0.4) is 0 Å². The van der Waals surface area contributed by atoms with Crippen molar-refractivity contribution in [1.29, 1.82) is 0 Å². The molecule has 21 heavy (non-hydrogen) atoms. The molecule has 0 aliphatic heterocycles. The van der Waals surface area contributed by atoms with Crippen LogP contribution in [-0.2, 0) is 6.54 Å². The Balaban J connectivity index is 1.88. The first-order valence-corrected chi connectivity index (χ1v) is 7.34. The van der Waals surface area contributed by atoms with E-state index < -0.39 is 5.97 Å². The van der Waals surface area contributed by atoms with Crippen molar-refractivity contribution in [2.45, 2.75) is 39.3 Å². The maximum atomic E-state index is 12.2. The van der Waals surface area contributed by atoms with Crippen LogP contribution in [0.1, 0.15) is 42.6 Å². The molecule has 2 N–H and O–H groups in total. The highest BCUT2D eigenvalue weighted by Gasteiger charge is 2.32. The molecule has 1 aromatic carbocycles. The molecule has 1 aliphatic rings. The first kappa shape index (κ1) is 15.4. The summed E-state index contributed by atoms with van der Waals surface area (Å²) < 4.78 is 0. The zero-order valence-electron chi connectivity index (χ0n) is 12.5. The fourth-order valence-corrected chi connectivity index (χ4v) is 2.22. The van der Waals surface area contributed by atoms with Crippen LogP contribution >= 0.6 is 0 Å². The van der Waals surface area contributed by atoms with Crippen LogP contribution in [0.2, 0.25) is 0 Å². The molecular formula is C16H22N2O3. The first-order chi connectivity index (χ1) is 9.97. The fourth-order valence-electron chi connectivity index (χ4n) is 2.22. The van der Waals surface area contributed by atoms with E-state index in [1.54, 1.807) is 24.3 Å². The largest absolute Gasteiger partial charge is 0.478 e. The number of carbonyl (C=O) groups is 2. The minimum absolute atomic E-state index is 0.0338. The second-order valence-electron chi connectivity index (χ2n) is 5.94. The van der Waals surface area contributed by atoms with E-state index in [0.717, 1.165) is 24.9 Å². The highest BCUT2D eigenvalue weighted by Crippen LogP contribution is 2.27. The molecule has 5 heteroatoms. The Labute approximate surface area is 125 Å². The van der Waals surface area contributed by atoms with Gasteiger partial charge in [-0.2, -0.15) is 0 Å². The van der Waals surface area contributed by atoms with Gasteiger partial charge in [0.25, 0.3) is 0 Å². The molecule has 1 fully saturated rings. The fraction of sp³-hybridized carbons (Fsp3) is 0.500. The van der Waals surface area contributed by atoms with Gasteiger partial charge >= 0.3 is 12.0 Å². The molecule has 0 heterocycles. The van der Waals surface area contributed by atoms with Crippen LogP contribution < -0.4 is 5.32 Å². The minimum atomic E-state index is -0.942. The Hall–Kier alpha value is -2.04. The Bertz CT molecular complexity index is 507. The number of hydrogen-bond acceptors (Lipinski definition) is 2. The number of nitrogens with zero attached hydrogens (tertiary/aromatic N) is 1. The Morgan fingerprint density at radius 1 is 1.29 bits per heavy atom. The van der Waals surface area contributed by atoms with Gasteiger partial charge in [-0.15, -0.1) is 0 Å². The number of carbonyl (C=O) groups excluding carboxylic acids is 1.